The number of hydrogen-bond acceptors (Lipinski definition) is 4. The minimum atomic E-state index is -0.648. The summed E-state index contributed by atoms with van der Waals surface area (Å²) in [6.07, 6.45) is 1.53. The molecular weight excluding hydrogens is 280 g/mol. The molecule has 22 heavy (non-hydrogen) atoms. The number of aryl methyl sites for hydroxylation is 1. The van der Waals surface area contributed by atoms with E-state index in [1.165, 1.54) is 13.2 Å². The van der Waals surface area contributed by atoms with Gasteiger partial charge in [0.15, 0.2) is 5.78 Å². The van der Waals surface area contributed by atoms with Crippen LogP contribution in [-0.4, -0.2) is 26.0 Å². The lowest BCUT2D eigenvalue weighted by Gasteiger charge is -2.09. The predicted molar refractivity (Wildman–Crippen MR) is 86.8 cm³/mol. The summed E-state index contributed by atoms with van der Waals surface area (Å²) in [4.78, 5) is 24.4. The van der Waals surface area contributed by atoms with Crippen molar-refractivity contribution in [3.63, 3.8) is 0 Å². The molecule has 0 saturated carbocycles. The second kappa shape index (κ2) is 7.59. The van der Waals surface area contributed by atoms with Crippen LogP contribution >= 0.6 is 0 Å². The first kappa shape index (κ1) is 17.7. The van der Waals surface area contributed by atoms with Crippen molar-refractivity contribution in [3.05, 3.63) is 46.0 Å². The highest BCUT2D eigenvalue weighted by molar-refractivity contribution is 6.26. The molecule has 0 radical (unpaired) electrons. The van der Waals surface area contributed by atoms with Crippen LogP contribution < -0.4 is 4.74 Å². The molecule has 0 fully saturated rings. The van der Waals surface area contributed by atoms with Gasteiger partial charge in [-0.2, -0.15) is 0 Å². The Kier molecular flexibility index (Phi) is 6.11. The molecule has 0 bridgehead atoms. The number of carbonyl (C=O) groups is 2. The van der Waals surface area contributed by atoms with Gasteiger partial charge in [0.25, 0.3) is 0 Å². The third-order valence-corrected chi connectivity index (χ3v) is 3.48. The molecule has 0 aliphatic carbocycles. The molecule has 0 unspecified atom stereocenters. The van der Waals surface area contributed by atoms with Gasteiger partial charge in [-0.05, 0) is 56.5 Å². The van der Waals surface area contributed by atoms with Crippen molar-refractivity contribution in [1.82, 2.24) is 0 Å². The monoisotopic (exact) mass is 302 g/mol. The Morgan fingerprint density at radius 2 is 1.73 bits per heavy atom. The van der Waals surface area contributed by atoms with Crippen LogP contribution in [0.4, 0.5) is 0 Å². The fraction of sp³-hybridized carbons (Fsp3) is 0.333. The van der Waals surface area contributed by atoms with E-state index >= 15 is 0 Å². The number of rotatable bonds is 5. The smallest absolute Gasteiger partial charge is 0.341 e. The number of methoxy groups -OCH3 is 2. The molecule has 1 aromatic rings. The Labute approximate surface area is 131 Å². The van der Waals surface area contributed by atoms with Crippen LogP contribution in [-0.2, 0) is 14.3 Å². The minimum absolute atomic E-state index is 0.00658. The third kappa shape index (κ3) is 4.07. The highest BCUT2D eigenvalue weighted by atomic mass is 16.5. The minimum Gasteiger partial charge on any atom is -0.496 e. The largest absolute Gasteiger partial charge is 0.496 e. The van der Waals surface area contributed by atoms with E-state index in [0.29, 0.717) is 16.9 Å². The van der Waals surface area contributed by atoms with Crippen molar-refractivity contribution in [2.45, 2.75) is 27.7 Å². The van der Waals surface area contributed by atoms with Gasteiger partial charge in [-0.1, -0.05) is 17.7 Å². The van der Waals surface area contributed by atoms with Gasteiger partial charge in [-0.15, -0.1) is 0 Å². The van der Waals surface area contributed by atoms with Gasteiger partial charge in [-0.25, -0.2) is 4.79 Å². The van der Waals surface area contributed by atoms with Crippen molar-refractivity contribution in [1.29, 1.82) is 0 Å². The summed E-state index contributed by atoms with van der Waals surface area (Å²) in [6.45, 7) is 7.28. The van der Waals surface area contributed by atoms with Crippen molar-refractivity contribution < 1.29 is 19.1 Å². The zero-order chi connectivity index (χ0) is 16.9. The second-order valence-electron chi connectivity index (χ2n) is 5.23. The molecular formula is C18H22O4. The van der Waals surface area contributed by atoms with Crippen molar-refractivity contribution in [2.24, 2.45) is 0 Å². The Balaban J connectivity index is 3.37. The molecule has 0 aromatic heterocycles. The molecule has 1 aromatic carbocycles. The van der Waals surface area contributed by atoms with Gasteiger partial charge < -0.3 is 9.47 Å². The number of ketones is 1. The fourth-order valence-electron chi connectivity index (χ4n) is 1.85. The zero-order valence-electron chi connectivity index (χ0n) is 13.9. The van der Waals surface area contributed by atoms with Crippen LogP contribution in [0.5, 0.6) is 5.75 Å². The second-order valence-corrected chi connectivity index (χ2v) is 5.23. The summed E-state index contributed by atoms with van der Waals surface area (Å²) in [6, 6.07) is 5.48. The molecule has 0 N–H and O–H groups in total. The standard InChI is InChI=1S/C18H22O4/c1-11(2)13(4)17(19)15(18(20)22-6)9-14-8-7-12(3)16(10-14)21-5/h7-10H,1-6H3/b15-9+. The summed E-state index contributed by atoms with van der Waals surface area (Å²) in [5.41, 5.74) is 3.09. The first-order valence-corrected chi connectivity index (χ1v) is 6.95. The maximum atomic E-state index is 12.5. The van der Waals surface area contributed by atoms with Gasteiger partial charge in [0.05, 0.1) is 14.2 Å². The van der Waals surface area contributed by atoms with Crippen LogP contribution in [0, 0.1) is 6.92 Å². The molecule has 0 saturated heterocycles. The van der Waals surface area contributed by atoms with E-state index in [2.05, 4.69) is 0 Å². The van der Waals surface area contributed by atoms with E-state index in [1.54, 1.807) is 20.1 Å². The summed E-state index contributed by atoms with van der Waals surface area (Å²) in [5.74, 6) is -0.277. The number of carbonyl (C=O) groups excluding carboxylic acids is 2. The van der Waals surface area contributed by atoms with Crippen LogP contribution in [0.2, 0.25) is 0 Å². The first-order valence-electron chi connectivity index (χ1n) is 6.95. The van der Waals surface area contributed by atoms with E-state index < -0.39 is 5.97 Å². The molecule has 0 spiro atoms. The molecule has 0 aliphatic heterocycles. The molecule has 0 heterocycles. The average Bonchev–Trinajstić information content (AvgIpc) is 2.51. The van der Waals surface area contributed by atoms with Crippen LogP contribution in [0.15, 0.2) is 34.9 Å². The number of esters is 1. The Morgan fingerprint density at radius 3 is 2.23 bits per heavy atom. The molecule has 4 nitrogen and oxygen atoms in total. The highest BCUT2D eigenvalue weighted by Gasteiger charge is 2.21. The van der Waals surface area contributed by atoms with Crippen LogP contribution in [0.1, 0.15) is 31.9 Å². The SMILES string of the molecule is COC(=O)/C(=C/c1ccc(C)c(OC)c1)C(=O)C(C)=C(C)C. The van der Waals surface area contributed by atoms with E-state index in [-0.39, 0.29) is 11.4 Å². The maximum absolute atomic E-state index is 12.5. The zero-order valence-corrected chi connectivity index (χ0v) is 13.9. The molecule has 1 rings (SSSR count). The van der Waals surface area contributed by atoms with Crippen LogP contribution in [0.25, 0.3) is 6.08 Å². The van der Waals surface area contributed by atoms with Gasteiger partial charge in [0.1, 0.15) is 11.3 Å². The normalized spacial score (nSPS) is 10.9. The van der Waals surface area contributed by atoms with Crippen molar-refractivity contribution in [3.8, 4) is 5.75 Å². The number of allylic oxidation sites excluding steroid dienone is 2. The quantitative estimate of drug-likeness (QED) is 0.361. The summed E-state index contributed by atoms with van der Waals surface area (Å²) in [5, 5.41) is 0. The molecule has 0 atom stereocenters. The Bertz CT molecular complexity index is 647. The van der Waals surface area contributed by atoms with E-state index in [4.69, 9.17) is 9.47 Å². The molecule has 0 amide bonds. The number of Topliss-reactive ketones (excluding diaryl/α,β-unsaturated/α-hetero) is 1. The predicted octanol–water partition coefficient (Wildman–Crippen LogP) is 3.49. The molecule has 118 valence electrons. The lowest BCUT2D eigenvalue weighted by Crippen LogP contribution is -2.16. The number of benzene rings is 1. The Morgan fingerprint density at radius 1 is 1.09 bits per heavy atom. The Hall–Kier alpha value is -2.36. The summed E-state index contributed by atoms with van der Waals surface area (Å²) < 4.78 is 9.99. The van der Waals surface area contributed by atoms with Gasteiger partial charge in [0.2, 0.25) is 0 Å². The van der Waals surface area contributed by atoms with E-state index in [9.17, 15) is 9.59 Å². The van der Waals surface area contributed by atoms with E-state index in [0.717, 1.165) is 11.1 Å². The fourth-order valence-corrected chi connectivity index (χ4v) is 1.85. The van der Waals surface area contributed by atoms with Crippen LogP contribution in [0.3, 0.4) is 0 Å². The lowest BCUT2D eigenvalue weighted by atomic mass is 9.98. The van der Waals surface area contributed by atoms with Gasteiger partial charge in [0, 0.05) is 0 Å². The highest BCUT2D eigenvalue weighted by Crippen LogP contribution is 2.22. The molecule has 0 aliphatic rings. The van der Waals surface area contributed by atoms with Gasteiger partial charge in [-0.3, -0.25) is 4.79 Å². The topological polar surface area (TPSA) is 52.6 Å². The lowest BCUT2D eigenvalue weighted by molar-refractivity contribution is -0.137. The third-order valence-electron chi connectivity index (χ3n) is 3.48. The van der Waals surface area contributed by atoms with Crippen molar-refractivity contribution >= 4 is 17.8 Å². The maximum Gasteiger partial charge on any atom is 0.341 e. The molecule has 4 heteroatoms. The first-order chi connectivity index (χ1) is 10.3. The number of hydrogen-bond donors (Lipinski definition) is 0. The van der Waals surface area contributed by atoms with E-state index in [1.807, 2.05) is 32.9 Å². The summed E-state index contributed by atoms with van der Waals surface area (Å²) in [7, 11) is 2.84. The average molecular weight is 302 g/mol. The summed E-state index contributed by atoms with van der Waals surface area (Å²) >= 11 is 0. The number of ether oxygens (including phenoxy) is 2. The van der Waals surface area contributed by atoms with Gasteiger partial charge >= 0.3 is 5.97 Å². The van der Waals surface area contributed by atoms with Crippen molar-refractivity contribution in [2.75, 3.05) is 14.2 Å².